The minimum atomic E-state index is -2.31. The van der Waals surface area contributed by atoms with Gasteiger partial charge in [0.15, 0.2) is 0 Å². The van der Waals surface area contributed by atoms with Crippen molar-refractivity contribution >= 4 is 46.4 Å². The van der Waals surface area contributed by atoms with E-state index in [1.54, 1.807) is 25.7 Å². The Labute approximate surface area is 121 Å². The zero-order chi connectivity index (χ0) is 13.2. The van der Waals surface area contributed by atoms with Crippen LogP contribution in [0.15, 0.2) is 42.7 Å². The maximum Gasteiger partial charge on any atom is 0.111 e. The summed E-state index contributed by atoms with van der Waals surface area (Å²) in [5.41, 5.74) is 1.78. The molecule has 0 saturated carbocycles. The monoisotopic (exact) mass is 372 g/mol. The van der Waals surface area contributed by atoms with E-state index in [4.69, 9.17) is 0 Å². The number of aromatic nitrogens is 1. The van der Waals surface area contributed by atoms with Crippen LogP contribution in [0.25, 0.3) is 0 Å². The topological polar surface area (TPSA) is 42.0 Å². The molecule has 1 aromatic carbocycles. The lowest BCUT2D eigenvalue weighted by Crippen LogP contribution is -2.10. The van der Waals surface area contributed by atoms with Gasteiger partial charge in [0.25, 0.3) is 0 Å². The Kier molecular flexibility index (Phi) is 4.07. The first kappa shape index (κ1) is 13.6. The van der Waals surface area contributed by atoms with E-state index in [1.807, 2.05) is 30.3 Å². The van der Waals surface area contributed by atoms with Gasteiger partial charge in [-0.1, -0.05) is 0 Å². The Morgan fingerprint density at radius 3 is 2.44 bits per heavy atom. The molecule has 0 saturated heterocycles. The lowest BCUT2D eigenvalue weighted by atomic mass is 10.3. The molecule has 1 N–H and O–H groups in total. The second-order valence-corrected chi connectivity index (χ2v) is 8.80. The highest BCUT2D eigenvalue weighted by atomic mass is 127. The molecule has 1 aromatic heterocycles. The Hall–Kier alpha value is -0.870. The molecule has 18 heavy (non-hydrogen) atoms. The number of nitrogens with zero attached hydrogens (tertiary/aromatic N) is 1. The molecule has 5 heteroatoms. The van der Waals surface area contributed by atoms with E-state index in [0.717, 1.165) is 16.7 Å². The number of nitrogens with one attached hydrogen (secondary N) is 1. The predicted molar refractivity (Wildman–Crippen MR) is 85.8 cm³/mol. The van der Waals surface area contributed by atoms with Gasteiger partial charge in [-0.2, -0.15) is 0 Å². The van der Waals surface area contributed by atoms with Gasteiger partial charge in [0, 0.05) is 20.8 Å². The summed E-state index contributed by atoms with van der Waals surface area (Å²) in [7, 11) is -2.31. The molecule has 0 bridgehead atoms. The molecule has 0 aliphatic heterocycles. The molecule has 2 rings (SSSR count). The van der Waals surface area contributed by atoms with Gasteiger partial charge in [0.1, 0.15) is 7.14 Å². The average molecular weight is 372 g/mol. The molecule has 0 aliphatic carbocycles. The van der Waals surface area contributed by atoms with Crippen molar-refractivity contribution in [3.05, 3.63) is 46.3 Å². The van der Waals surface area contributed by atoms with Crippen LogP contribution in [-0.2, 0) is 4.57 Å². The molecule has 0 atom stereocenters. The first-order valence-electron chi connectivity index (χ1n) is 5.49. The number of halogens is 1. The van der Waals surface area contributed by atoms with E-state index in [1.165, 1.54) is 3.57 Å². The molecule has 1 heterocycles. The third-order valence-electron chi connectivity index (χ3n) is 2.50. The molecule has 94 valence electrons. The highest BCUT2D eigenvalue weighted by Crippen LogP contribution is 2.37. The first-order chi connectivity index (χ1) is 8.47. The number of hydrogen-bond acceptors (Lipinski definition) is 3. The van der Waals surface area contributed by atoms with Gasteiger partial charge >= 0.3 is 0 Å². The Morgan fingerprint density at radius 2 is 1.83 bits per heavy atom. The normalized spacial score (nSPS) is 11.3. The fourth-order valence-corrected chi connectivity index (χ4v) is 3.12. The SMILES string of the molecule is CP(C)(=O)c1ccncc1Nc1ccc(I)cc1. The van der Waals surface area contributed by atoms with Crippen molar-refractivity contribution in [3.8, 4) is 0 Å². The van der Waals surface area contributed by atoms with E-state index in [0.29, 0.717) is 0 Å². The standard InChI is InChI=1S/C13H14IN2OP/c1-18(2,17)13-7-8-15-9-12(13)16-11-5-3-10(14)4-6-11/h3-9,16H,1-2H3. The second-order valence-electron chi connectivity index (χ2n) is 4.38. The summed E-state index contributed by atoms with van der Waals surface area (Å²) in [4.78, 5) is 4.09. The lowest BCUT2D eigenvalue weighted by molar-refractivity contribution is 0.588. The molecule has 0 radical (unpaired) electrons. The van der Waals surface area contributed by atoms with E-state index < -0.39 is 7.14 Å². The van der Waals surface area contributed by atoms with Crippen LogP contribution in [0.3, 0.4) is 0 Å². The molecular formula is C13H14IN2OP. The van der Waals surface area contributed by atoms with Crippen LogP contribution in [0.1, 0.15) is 0 Å². The third-order valence-corrected chi connectivity index (χ3v) is 4.77. The maximum atomic E-state index is 12.2. The van der Waals surface area contributed by atoms with Crippen LogP contribution in [-0.4, -0.2) is 18.3 Å². The number of rotatable bonds is 3. The van der Waals surface area contributed by atoms with Crippen LogP contribution in [0, 0.1) is 3.57 Å². The van der Waals surface area contributed by atoms with Gasteiger partial charge in [-0.15, -0.1) is 0 Å². The minimum Gasteiger partial charge on any atom is -0.354 e. The predicted octanol–water partition coefficient (Wildman–Crippen LogP) is 3.68. The zero-order valence-electron chi connectivity index (χ0n) is 10.2. The number of anilines is 2. The summed E-state index contributed by atoms with van der Waals surface area (Å²) in [5, 5.41) is 4.10. The van der Waals surface area contributed by atoms with Crippen molar-refractivity contribution in [2.75, 3.05) is 18.6 Å². The van der Waals surface area contributed by atoms with Crippen LogP contribution in [0.2, 0.25) is 0 Å². The fraction of sp³-hybridized carbons (Fsp3) is 0.154. The maximum absolute atomic E-state index is 12.2. The van der Waals surface area contributed by atoms with Gasteiger partial charge in [-0.25, -0.2) is 0 Å². The number of benzene rings is 1. The van der Waals surface area contributed by atoms with Crippen LogP contribution < -0.4 is 10.6 Å². The van der Waals surface area contributed by atoms with Crippen LogP contribution in [0.4, 0.5) is 11.4 Å². The summed E-state index contributed by atoms with van der Waals surface area (Å²) in [5.74, 6) is 0. The largest absolute Gasteiger partial charge is 0.354 e. The summed E-state index contributed by atoms with van der Waals surface area (Å²) in [6.07, 6.45) is 3.39. The van der Waals surface area contributed by atoms with Gasteiger partial charge in [0.2, 0.25) is 0 Å². The van der Waals surface area contributed by atoms with Gasteiger partial charge in [-0.05, 0) is 66.3 Å². The Bertz CT molecular complexity index is 592. The van der Waals surface area contributed by atoms with Crippen molar-refractivity contribution in [3.63, 3.8) is 0 Å². The number of hydrogen-bond donors (Lipinski definition) is 1. The van der Waals surface area contributed by atoms with Crippen molar-refractivity contribution in [1.29, 1.82) is 0 Å². The van der Waals surface area contributed by atoms with Crippen LogP contribution in [0.5, 0.6) is 0 Å². The van der Waals surface area contributed by atoms with Crippen molar-refractivity contribution in [1.82, 2.24) is 4.98 Å². The molecule has 2 aromatic rings. The second kappa shape index (κ2) is 5.41. The average Bonchev–Trinajstić information content (AvgIpc) is 2.31. The van der Waals surface area contributed by atoms with E-state index in [-0.39, 0.29) is 0 Å². The third kappa shape index (κ3) is 3.33. The zero-order valence-corrected chi connectivity index (χ0v) is 13.3. The molecule has 0 aliphatic rings. The molecule has 0 fully saturated rings. The summed E-state index contributed by atoms with van der Waals surface area (Å²) in [6.45, 7) is 3.53. The van der Waals surface area contributed by atoms with E-state index in [2.05, 4.69) is 32.9 Å². The molecular weight excluding hydrogens is 358 g/mol. The number of pyridine rings is 1. The van der Waals surface area contributed by atoms with Crippen molar-refractivity contribution < 1.29 is 4.57 Å². The molecule has 0 spiro atoms. The van der Waals surface area contributed by atoms with Gasteiger partial charge in [0.05, 0.1) is 11.9 Å². The van der Waals surface area contributed by atoms with Gasteiger partial charge in [-0.3, -0.25) is 4.98 Å². The fourth-order valence-electron chi connectivity index (χ4n) is 1.64. The molecule has 0 amide bonds. The Morgan fingerprint density at radius 1 is 1.17 bits per heavy atom. The molecule has 3 nitrogen and oxygen atoms in total. The van der Waals surface area contributed by atoms with E-state index in [9.17, 15) is 4.57 Å². The highest BCUT2D eigenvalue weighted by Gasteiger charge is 2.15. The summed E-state index contributed by atoms with van der Waals surface area (Å²) in [6, 6.07) is 9.85. The smallest absolute Gasteiger partial charge is 0.111 e. The highest BCUT2D eigenvalue weighted by molar-refractivity contribution is 14.1. The quantitative estimate of drug-likeness (QED) is 0.660. The summed E-state index contributed by atoms with van der Waals surface area (Å²) >= 11 is 2.26. The van der Waals surface area contributed by atoms with Crippen LogP contribution >= 0.6 is 29.7 Å². The van der Waals surface area contributed by atoms with Crippen molar-refractivity contribution in [2.45, 2.75) is 0 Å². The van der Waals surface area contributed by atoms with E-state index >= 15 is 0 Å². The first-order valence-corrected chi connectivity index (χ1v) is 9.17. The lowest BCUT2D eigenvalue weighted by Gasteiger charge is -2.14. The molecule has 0 unspecified atom stereocenters. The summed E-state index contributed by atoms with van der Waals surface area (Å²) < 4.78 is 13.4. The Balaban J connectivity index is 2.35. The minimum absolute atomic E-state index is 0.812. The van der Waals surface area contributed by atoms with Gasteiger partial charge < -0.3 is 9.88 Å². The van der Waals surface area contributed by atoms with Crippen molar-refractivity contribution in [2.24, 2.45) is 0 Å².